The first-order valence-electron chi connectivity index (χ1n) is 4.22. The molecule has 0 aromatic rings. The minimum atomic E-state index is -2.95. The molecule has 14 heavy (non-hydrogen) atoms. The van der Waals surface area contributed by atoms with Crippen molar-refractivity contribution in [1.82, 2.24) is 4.90 Å². The summed E-state index contributed by atoms with van der Waals surface area (Å²) >= 11 is 0. The smallest absolute Gasteiger partial charge is 0.172 e. The molecule has 0 aromatic heterocycles. The van der Waals surface area contributed by atoms with Crippen molar-refractivity contribution in [1.29, 1.82) is 0 Å². The van der Waals surface area contributed by atoms with Gasteiger partial charge in [0.1, 0.15) is 16.4 Å². The number of likely N-dealkylation sites (N-methyl/N-ethyl adjacent to an activating group) is 1. The topological polar surface area (TPSA) is 63.7 Å². The lowest BCUT2D eigenvalue weighted by Crippen LogP contribution is -2.31. The van der Waals surface area contributed by atoms with Crippen LogP contribution in [0.1, 0.15) is 0 Å². The Labute approximate surface area is 85.0 Å². The summed E-state index contributed by atoms with van der Waals surface area (Å²) < 4.78 is 26.3. The molecule has 0 aromatic carbocycles. The number of carbonyl (C=O) groups excluding carboxylic acids is 1. The second kappa shape index (κ2) is 6.10. The number of methoxy groups -OCH3 is 1. The van der Waals surface area contributed by atoms with Crippen LogP contribution in [-0.4, -0.2) is 65.0 Å². The van der Waals surface area contributed by atoms with Crippen LogP contribution in [0.3, 0.4) is 0 Å². The van der Waals surface area contributed by atoms with Crippen LogP contribution in [-0.2, 0) is 19.4 Å². The monoisotopic (exact) mass is 223 g/mol. The van der Waals surface area contributed by atoms with Gasteiger partial charge in [0.05, 0.1) is 12.3 Å². The fourth-order valence-corrected chi connectivity index (χ4v) is 1.55. The van der Waals surface area contributed by atoms with E-state index in [2.05, 4.69) is 4.74 Å². The van der Waals surface area contributed by atoms with Crippen LogP contribution in [0.2, 0.25) is 0 Å². The second-order valence-corrected chi connectivity index (χ2v) is 5.60. The number of rotatable bonds is 7. The van der Waals surface area contributed by atoms with Gasteiger partial charge in [-0.25, -0.2) is 8.42 Å². The van der Waals surface area contributed by atoms with Gasteiger partial charge in [-0.15, -0.1) is 0 Å². The fraction of sp³-hybridized carbons (Fsp3) is 0.875. The number of hydrogen-bond acceptors (Lipinski definition) is 5. The molecule has 0 heterocycles. The van der Waals surface area contributed by atoms with Gasteiger partial charge in [-0.2, -0.15) is 0 Å². The third kappa shape index (κ3) is 8.15. The predicted octanol–water partition coefficient (Wildman–Crippen LogP) is -0.822. The van der Waals surface area contributed by atoms with Gasteiger partial charge in [0.15, 0.2) is 5.78 Å². The predicted molar refractivity (Wildman–Crippen MR) is 54.1 cm³/mol. The minimum absolute atomic E-state index is 0.0523. The van der Waals surface area contributed by atoms with Crippen LogP contribution >= 0.6 is 0 Å². The number of ether oxygens (including phenoxy) is 1. The summed E-state index contributed by atoms with van der Waals surface area (Å²) in [6, 6.07) is 0. The number of sulfone groups is 1. The molecule has 0 bridgehead atoms. The van der Waals surface area contributed by atoms with Crippen LogP contribution in [0.25, 0.3) is 0 Å². The van der Waals surface area contributed by atoms with E-state index in [1.54, 1.807) is 11.9 Å². The van der Waals surface area contributed by atoms with E-state index in [0.29, 0.717) is 6.54 Å². The van der Waals surface area contributed by atoms with E-state index < -0.39 is 9.84 Å². The summed E-state index contributed by atoms with van der Waals surface area (Å²) in [5.41, 5.74) is 0. The van der Waals surface area contributed by atoms with Crippen LogP contribution in [0.15, 0.2) is 0 Å². The molecule has 0 unspecified atom stereocenters. The first-order chi connectivity index (χ1) is 6.35. The van der Waals surface area contributed by atoms with Gasteiger partial charge >= 0.3 is 0 Å². The fourth-order valence-electron chi connectivity index (χ4n) is 0.908. The first kappa shape index (κ1) is 13.5. The first-order valence-corrected chi connectivity index (χ1v) is 6.28. The molecule has 0 aliphatic rings. The maximum atomic E-state index is 11.1. The second-order valence-electron chi connectivity index (χ2n) is 3.34. The quantitative estimate of drug-likeness (QED) is 0.564. The van der Waals surface area contributed by atoms with Crippen LogP contribution in [0.4, 0.5) is 0 Å². The normalized spacial score (nSPS) is 12.0. The SMILES string of the molecule is COCC(=O)CN(C)CCS(C)(=O)=O. The van der Waals surface area contributed by atoms with E-state index >= 15 is 0 Å². The van der Waals surface area contributed by atoms with Crippen LogP contribution in [0.5, 0.6) is 0 Å². The van der Waals surface area contributed by atoms with E-state index in [1.165, 1.54) is 13.4 Å². The third-order valence-electron chi connectivity index (χ3n) is 1.60. The summed E-state index contributed by atoms with van der Waals surface area (Å²) in [5.74, 6) is 0.0209. The lowest BCUT2D eigenvalue weighted by atomic mass is 10.4. The van der Waals surface area contributed by atoms with E-state index in [0.717, 1.165) is 0 Å². The van der Waals surface area contributed by atoms with E-state index in [-0.39, 0.29) is 24.7 Å². The Morgan fingerprint density at radius 1 is 1.43 bits per heavy atom. The van der Waals surface area contributed by atoms with Gasteiger partial charge < -0.3 is 4.74 Å². The zero-order chi connectivity index (χ0) is 11.2. The van der Waals surface area contributed by atoms with Gasteiger partial charge in [-0.05, 0) is 7.05 Å². The summed E-state index contributed by atoms with van der Waals surface area (Å²) in [6.45, 7) is 0.668. The molecular weight excluding hydrogens is 206 g/mol. The van der Waals surface area contributed by atoms with E-state index in [1.807, 2.05) is 0 Å². The highest BCUT2D eigenvalue weighted by molar-refractivity contribution is 7.90. The molecule has 5 nitrogen and oxygen atoms in total. The summed E-state index contributed by atoms with van der Waals surface area (Å²) in [7, 11) is 0.208. The standard InChI is InChI=1S/C8H17NO4S/c1-9(4-5-14(3,11)12)6-8(10)7-13-2/h4-7H2,1-3H3. The Hall–Kier alpha value is -0.460. The Kier molecular flexibility index (Phi) is 5.90. The molecule has 0 aliphatic heterocycles. The molecule has 0 saturated carbocycles. The molecule has 0 fully saturated rings. The molecule has 0 amide bonds. The maximum absolute atomic E-state index is 11.1. The zero-order valence-corrected chi connectivity index (χ0v) is 9.63. The van der Waals surface area contributed by atoms with Crippen molar-refractivity contribution < 1.29 is 17.9 Å². The van der Waals surface area contributed by atoms with E-state index in [4.69, 9.17) is 0 Å². The Morgan fingerprint density at radius 2 is 2.00 bits per heavy atom. The largest absolute Gasteiger partial charge is 0.377 e. The van der Waals surface area contributed by atoms with Crippen molar-refractivity contribution in [3.8, 4) is 0 Å². The highest BCUT2D eigenvalue weighted by Crippen LogP contribution is 1.88. The minimum Gasteiger partial charge on any atom is -0.377 e. The molecule has 0 spiro atoms. The molecule has 0 saturated heterocycles. The molecule has 0 N–H and O–H groups in total. The maximum Gasteiger partial charge on any atom is 0.172 e. The van der Waals surface area contributed by atoms with Gasteiger partial charge in [0, 0.05) is 19.9 Å². The van der Waals surface area contributed by atoms with Gasteiger partial charge in [-0.1, -0.05) is 0 Å². The van der Waals surface area contributed by atoms with E-state index in [9.17, 15) is 13.2 Å². The Balaban J connectivity index is 3.76. The van der Waals surface area contributed by atoms with Crippen molar-refractivity contribution in [3.63, 3.8) is 0 Å². The molecule has 0 rings (SSSR count). The lowest BCUT2D eigenvalue weighted by molar-refractivity contribution is -0.123. The molecular formula is C8H17NO4S. The summed E-state index contributed by atoms with van der Waals surface area (Å²) in [4.78, 5) is 12.7. The highest BCUT2D eigenvalue weighted by Gasteiger charge is 2.08. The molecule has 0 atom stereocenters. The number of carbonyl (C=O) groups is 1. The molecule has 0 aliphatic carbocycles. The van der Waals surface area contributed by atoms with Crippen LogP contribution < -0.4 is 0 Å². The number of nitrogens with zero attached hydrogens (tertiary/aromatic N) is 1. The van der Waals surface area contributed by atoms with Crippen molar-refractivity contribution in [2.75, 3.05) is 45.9 Å². The summed E-state index contributed by atoms with van der Waals surface area (Å²) in [5, 5.41) is 0. The average Bonchev–Trinajstić information content (AvgIpc) is 2.00. The third-order valence-corrected chi connectivity index (χ3v) is 2.52. The summed E-state index contributed by atoms with van der Waals surface area (Å²) in [6.07, 6.45) is 1.18. The number of hydrogen-bond donors (Lipinski definition) is 0. The van der Waals surface area contributed by atoms with Gasteiger partial charge in [0.25, 0.3) is 0 Å². The van der Waals surface area contributed by atoms with Crippen molar-refractivity contribution in [2.24, 2.45) is 0 Å². The van der Waals surface area contributed by atoms with Crippen molar-refractivity contribution in [2.45, 2.75) is 0 Å². The molecule has 0 radical (unpaired) electrons. The Bertz CT molecular complexity index is 273. The van der Waals surface area contributed by atoms with Crippen molar-refractivity contribution in [3.05, 3.63) is 0 Å². The Morgan fingerprint density at radius 3 is 2.43 bits per heavy atom. The van der Waals surface area contributed by atoms with Crippen LogP contribution in [0, 0.1) is 0 Å². The lowest BCUT2D eigenvalue weighted by Gasteiger charge is -2.14. The molecule has 84 valence electrons. The highest BCUT2D eigenvalue weighted by atomic mass is 32.2. The van der Waals surface area contributed by atoms with Gasteiger partial charge in [-0.3, -0.25) is 9.69 Å². The van der Waals surface area contributed by atoms with Crippen molar-refractivity contribution >= 4 is 15.6 Å². The number of Topliss-reactive ketones (excluding diaryl/α,β-unsaturated/α-hetero) is 1. The average molecular weight is 223 g/mol. The number of ketones is 1. The molecule has 6 heteroatoms. The zero-order valence-electron chi connectivity index (χ0n) is 8.82. The van der Waals surface area contributed by atoms with Gasteiger partial charge in [0.2, 0.25) is 0 Å².